The molecule has 3 aromatic heterocycles. The van der Waals surface area contributed by atoms with Crippen LogP contribution >= 0.6 is 0 Å². The number of halogens is 3. The number of para-hydroxylation sites is 1. The summed E-state index contributed by atoms with van der Waals surface area (Å²) in [5.41, 5.74) is 4.68. The normalized spacial score (nSPS) is 11.9. The van der Waals surface area contributed by atoms with E-state index in [1.54, 1.807) is 25.1 Å². The lowest BCUT2D eigenvalue weighted by Crippen LogP contribution is -2.16. The molecule has 2 aromatic carbocycles. The summed E-state index contributed by atoms with van der Waals surface area (Å²) in [6.07, 6.45) is -1.09. The van der Waals surface area contributed by atoms with Crippen molar-refractivity contribution in [1.82, 2.24) is 14.4 Å². The molecular weight excluding hydrogens is 419 g/mol. The van der Waals surface area contributed by atoms with Gasteiger partial charge in [-0.25, -0.2) is 4.98 Å². The molecule has 0 atom stereocenters. The van der Waals surface area contributed by atoms with E-state index in [9.17, 15) is 18.0 Å². The molecule has 0 aliphatic rings. The molecule has 0 saturated heterocycles. The quantitative estimate of drug-likeness (QED) is 0.395. The van der Waals surface area contributed by atoms with Crippen LogP contribution in [0, 0.1) is 6.92 Å². The van der Waals surface area contributed by atoms with E-state index in [0.29, 0.717) is 28.0 Å². The number of aromatic nitrogens is 3. The van der Waals surface area contributed by atoms with Crippen LogP contribution in [0.4, 0.5) is 13.2 Å². The molecule has 5 aromatic rings. The lowest BCUT2D eigenvalue weighted by atomic mass is 10.1. The average molecular weight is 435 g/mol. The number of nitrogens with one attached hydrogen (secondary N) is 1. The third-order valence-corrected chi connectivity index (χ3v) is 5.28. The van der Waals surface area contributed by atoms with Crippen molar-refractivity contribution in [2.24, 2.45) is 0 Å². The molecule has 5 rings (SSSR count). The van der Waals surface area contributed by atoms with Crippen LogP contribution in [0.1, 0.15) is 5.56 Å². The average Bonchev–Trinajstić information content (AvgIpc) is 3.19. The number of rotatable bonds is 3. The molecule has 0 aliphatic carbocycles. The van der Waals surface area contributed by atoms with E-state index in [0.717, 1.165) is 16.6 Å². The molecule has 0 fully saturated rings. The molecule has 5 nitrogen and oxygen atoms in total. The molecule has 3 heterocycles. The molecule has 0 bridgehead atoms. The van der Waals surface area contributed by atoms with E-state index in [1.807, 2.05) is 47.1 Å². The molecule has 160 valence electrons. The number of ether oxygens (including phenoxy) is 1. The summed E-state index contributed by atoms with van der Waals surface area (Å²) < 4.78 is 42.8. The van der Waals surface area contributed by atoms with Crippen LogP contribution in [0.5, 0.6) is 5.75 Å². The molecule has 0 radical (unpaired) electrons. The summed E-state index contributed by atoms with van der Waals surface area (Å²) in [5, 5.41) is 0.623. The first-order chi connectivity index (χ1) is 15.3. The molecule has 0 amide bonds. The molecule has 0 aliphatic heterocycles. The smallest absolute Gasteiger partial charge is 0.406 e. The van der Waals surface area contributed by atoms with Crippen molar-refractivity contribution < 1.29 is 17.9 Å². The lowest BCUT2D eigenvalue weighted by molar-refractivity contribution is -0.274. The highest BCUT2D eigenvalue weighted by Crippen LogP contribution is 2.28. The monoisotopic (exact) mass is 435 g/mol. The van der Waals surface area contributed by atoms with Gasteiger partial charge in [0.1, 0.15) is 17.1 Å². The molecule has 0 unspecified atom stereocenters. The maximum Gasteiger partial charge on any atom is 0.573 e. The standard InChI is InChI=1S/C24H16F3N3O2/c1-14-22(29-19-5-3-2-4-18(19)23(14)31)20-13-30-11-10-16(12-21(30)28-20)15-6-8-17(9-7-15)32-24(25,26)27/h2-13H,1H3,(H,29,31). The van der Waals surface area contributed by atoms with Gasteiger partial charge in [-0.3, -0.25) is 4.79 Å². The van der Waals surface area contributed by atoms with Gasteiger partial charge in [0.15, 0.2) is 5.43 Å². The summed E-state index contributed by atoms with van der Waals surface area (Å²) in [4.78, 5) is 20.7. The molecule has 1 N–H and O–H groups in total. The topological polar surface area (TPSA) is 59.4 Å². The minimum Gasteiger partial charge on any atom is -0.406 e. The van der Waals surface area contributed by atoms with Gasteiger partial charge >= 0.3 is 6.36 Å². The summed E-state index contributed by atoms with van der Waals surface area (Å²) in [6.45, 7) is 1.76. The van der Waals surface area contributed by atoms with Crippen molar-refractivity contribution >= 4 is 16.6 Å². The summed E-state index contributed by atoms with van der Waals surface area (Å²) in [5.74, 6) is -0.277. The summed E-state index contributed by atoms with van der Waals surface area (Å²) in [7, 11) is 0. The highest BCUT2D eigenvalue weighted by molar-refractivity contribution is 5.83. The third kappa shape index (κ3) is 3.60. The van der Waals surface area contributed by atoms with Gasteiger partial charge in [-0.1, -0.05) is 24.3 Å². The Hall–Kier alpha value is -4.07. The Bertz CT molecular complexity index is 1520. The second kappa shape index (κ2) is 7.26. The number of nitrogens with zero attached hydrogens (tertiary/aromatic N) is 2. The van der Waals surface area contributed by atoms with Gasteiger partial charge < -0.3 is 14.1 Å². The van der Waals surface area contributed by atoms with Gasteiger partial charge in [0.25, 0.3) is 0 Å². The third-order valence-electron chi connectivity index (χ3n) is 5.28. The Kier molecular flexibility index (Phi) is 4.51. The first-order valence-corrected chi connectivity index (χ1v) is 9.75. The van der Waals surface area contributed by atoms with Crippen LogP contribution in [0.3, 0.4) is 0 Å². The Balaban J connectivity index is 1.53. The van der Waals surface area contributed by atoms with E-state index in [-0.39, 0.29) is 11.2 Å². The summed E-state index contributed by atoms with van der Waals surface area (Å²) in [6, 6.07) is 16.6. The Labute approximate surface area is 179 Å². The van der Waals surface area contributed by atoms with Crippen molar-refractivity contribution in [3.05, 3.63) is 88.8 Å². The number of alkyl halides is 3. The minimum absolute atomic E-state index is 0.0479. The van der Waals surface area contributed by atoms with E-state index in [1.165, 1.54) is 12.1 Å². The lowest BCUT2D eigenvalue weighted by Gasteiger charge is -2.09. The molecule has 8 heteroatoms. The number of pyridine rings is 2. The first kappa shape index (κ1) is 19.9. The second-order valence-electron chi connectivity index (χ2n) is 7.38. The zero-order chi connectivity index (χ0) is 22.5. The van der Waals surface area contributed by atoms with Gasteiger partial charge in [0.05, 0.1) is 5.69 Å². The maximum absolute atomic E-state index is 12.8. The molecular formula is C24H16F3N3O2. The predicted octanol–water partition coefficient (Wildman–Crippen LogP) is 5.72. The van der Waals surface area contributed by atoms with E-state index < -0.39 is 6.36 Å². The van der Waals surface area contributed by atoms with E-state index in [4.69, 9.17) is 0 Å². The summed E-state index contributed by atoms with van der Waals surface area (Å²) >= 11 is 0. The van der Waals surface area contributed by atoms with Gasteiger partial charge in [0, 0.05) is 28.9 Å². The van der Waals surface area contributed by atoms with Gasteiger partial charge in [0.2, 0.25) is 0 Å². The number of fused-ring (bicyclic) bond motifs is 2. The molecule has 0 spiro atoms. The fourth-order valence-electron chi connectivity index (χ4n) is 3.72. The molecule has 32 heavy (non-hydrogen) atoms. The van der Waals surface area contributed by atoms with Crippen molar-refractivity contribution in [3.8, 4) is 28.3 Å². The number of H-pyrrole nitrogens is 1. The fourth-order valence-corrected chi connectivity index (χ4v) is 3.72. The van der Waals surface area contributed by atoms with Crippen LogP contribution in [-0.2, 0) is 0 Å². The first-order valence-electron chi connectivity index (χ1n) is 9.75. The number of aromatic amines is 1. The predicted molar refractivity (Wildman–Crippen MR) is 116 cm³/mol. The Morgan fingerprint density at radius 2 is 1.75 bits per heavy atom. The largest absolute Gasteiger partial charge is 0.573 e. The van der Waals surface area contributed by atoms with Crippen molar-refractivity contribution in [3.63, 3.8) is 0 Å². The van der Waals surface area contributed by atoms with Crippen molar-refractivity contribution in [2.45, 2.75) is 13.3 Å². The van der Waals surface area contributed by atoms with Gasteiger partial charge in [-0.2, -0.15) is 0 Å². The number of benzene rings is 2. The van der Waals surface area contributed by atoms with E-state index in [2.05, 4.69) is 14.7 Å². The maximum atomic E-state index is 12.8. The second-order valence-corrected chi connectivity index (χ2v) is 7.38. The number of hydrogen-bond acceptors (Lipinski definition) is 3. The minimum atomic E-state index is -4.73. The number of hydrogen-bond donors (Lipinski definition) is 1. The Morgan fingerprint density at radius 3 is 2.50 bits per heavy atom. The van der Waals surface area contributed by atoms with Crippen LogP contribution < -0.4 is 10.2 Å². The fraction of sp³-hybridized carbons (Fsp3) is 0.0833. The van der Waals surface area contributed by atoms with E-state index >= 15 is 0 Å². The highest BCUT2D eigenvalue weighted by atomic mass is 19.4. The van der Waals surface area contributed by atoms with Crippen LogP contribution in [0.25, 0.3) is 39.1 Å². The van der Waals surface area contributed by atoms with Crippen LogP contribution in [0.2, 0.25) is 0 Å². The van der Waals surface area contributed by atoms with Crippen molar-refractivity contribution in [1.29, 1.82) is 0 Å². The van der Waals surface area contributed by atoms with Gasteiger partial charge in [-0.05, 0) is 54.4 Å². The van der Waals surface area contributed by atoms with Crippen LogP contribution in [-0.4, -0.2) is 20.7 Å². The van der Waals surface area contributed by atoms with Crippen LogP contribution in [0.15, 0.2) is 77.9 Å². The Morgan fingerprint density at radius 1 is 1.00 bits per heavy atom. The molecule has 0 saturated carbocycles. The van der Waals surface area contributed by atoms with Gasteiger partial charge in [-0.15, -0.1) is 13.2 Å². The zero-order valence-corrected chi connectivity index (χ0v) is 16.8. The SMILES string of the molecule is Cc1c(-c2cn3ccc(-c4ccc(OC(F)(F)F)cc4)cc3n2)[nH]c2ccccc2c1=O. The number of imidazole rings is 1. The van der Waals surface area contributed by atoms with Crippen molar-refractivity contribution in [2.75, 3.05) is 0 Å². The highest BCUT2D eigenvalue weighted by Gasteiger charge is 2.31. The zero-order valence-electron chi connectivity index (χ0n) is 16.8.